The van der Waals surface area contributed by atoms with Gasteiger partial charge in [0.05, 0.1) is 12.4 Å². The molecule has 2 unspecified atom stereocenters. The van der Waals surface area contributed by atoms with Crippen molar-refractivity contribution in [2.24, 2.45) is 34.5 Å². The van der Waals surface area contributed by atoms with Crippen molar-refractivity contribution in [3.63, 3.8) is 0 Å². The summed E-state index contributed by atoms with van der Waals surface area (Å²) < 4.78 is 5.86. The highest BCUT2D eigenvalue weighted by Gasteiger charge is 2.60. The minimum atomic E-state index is 0.180. The standard InChI is InChI=1S/C21H32O3/c1-20-9-8-17-15(16(20)6-7-19(20)24-3)5-4-14-10-18(23)13(12-22)11-21(14,17)2/h12,14-17,19,22H,4-11H2,1-3H3/t14?,15-,16-,17+,19?,20-,21-/m0/s1. The second kappa shape index (κ2) is 5.59. The number of methoxy groups -OCH3 is 1. The van der Waals surface area contributed by atoms with Crippen LogP contribution in [-0.2, 0) is 9.53 Å². The summed E-state index contributed by atoms with van der Waals surface area (Å²) in [5.41, 5.74) is 1.21. The predicted octanol–water partition coefficient (Wildman–Crippen LogP) is 4.67. The van der Waals surface area contributed by atoms with E-state index in [1.165, 1.54) is 38.5 Å². The van der Waals surface area contributed by atoms with Crippen LogP contribution in [0.3, 0.4) is 0 Å². The van der Waals surface area contributed by atoms with Gasteiger partial charge in [-0.25, -0.2) is 0 Å². The number of fused-ring (bicyclic) bond motifs is 5. The van der Waals surface area contributed by atoms with Crippen LogP contribution < -0.4 is 0 Å². The first kappa shape index (κ1) is 16.6. The largest absolute Gasteiger partial charge is 0.515 e. The van der Waals surface area contributed by atoms with Gasteiger partial charge in [0.1, 0.15) is 0 Å². The van der Waals surface area contributed by atoms with Gasteiger partial charge in [-0.3, -0.25) is 4.79 Å². The van der Waals surface area contributed by atoms with Gasteiger partial charge in [-0.15, -0.1) is 0 Å². The number of aliphatic hydroxyl groups excluding tert-OH is 1. The van der Waals surface area contributed by atoms with Crippen LogP contribution in [0.5, 0.6) is 0 Å². The Morgan fingerprint density at radius 2 is 1.83 bits per heavy atom. The number of hydrogen-bond acceptors (Lipinski definition) is 3. The van der Waals surface area contributed by atoms with Gasteiger partial charge >= 0.3 is 0 Å². The zero-order valence-electron chi connectivity index (χ0n) is 15.4. The molecule has 0 amide bonds. The number of carbonyl (C=O) groups excluding carboxylic acids is 1. The van der Waals surface area contributed by atoms with Gasteiger partial charge in [0.15, 0.2) is 5.78 Å². The normalized spacial score (nSPS) is 52.7. The molecule has 0 aromatic heterocycles. The van der Waals surface area contributed by atoms with Crippen molar-refractivity contribution in [2.45, 2.75) is 71.3 Å². The van der Waals surface area contributed by atoms with Crippen LogP contribution in [0, 0.1) is 34.5 Å². The van der Waals surface area contributed by atoms with Crippen LogP contribution in [0.4, 0.5) is 0 Å². The van der Waals surface area contributed by atoms with Crippen molar-refractivity contribution in [2.75, 3.05) is 7.11 Å². The third-order valence-corrected chi connectivity index (χ3v) is 8.78. The van der Waals surface area contributed by atoms with Crippen molar-refractivity contribution in [1.82, 2.24) is 0 Å². The van der Waals surface area contributed by atoms with E-state index in [4.69, 9.17) is 4.74 Å². The summed E-state index contributed by atoms with van der Waals surface area (Å²) >= 11 is 0. The Bertz CT molecular complexity index is 567. The number of aliphatic hydroxyl groups is 1. The number of carbonyl (C=O) groups is 1. The van der Waals surface area contributed by atoms with E-state index in [-0.39, 0.29) is 11.2 Å². The molecule has 3 nitrogen and oxygen atoms in total. The summed E-state index contributed by atoms with van der Waals surface area (Å²) in [6, 6.07) is 0. The Morgan fingerprint density at radius 3 is 2.54 bits per heavy atom. The molecule has 0 saturated heterocycles. The molecule has 0 aromatic rings. The second-order valence-corrected chi connectivity index (χ2v) is 9.46. The van der Waals surface area contributed by atoms with Gasteiger partial charge in [0, 0.05) is 19.1 Å². The van der Waals surface area contributed by atoms with Crippen LogP contribution in [0.1, 0.15) is 65.2 Å². The van der Waals surface area contributed by atoms with Crippen molar-refractivity contribution in [1.29, 1.82) is 0 Å². The van der Waals surface area contributed by atoms with E-state index < -0.39 is 0 Å². The van der Waals surface area contributed by atoms with Gasteiger partial charge in [-0.05, 0) is 79.4 Å². The molecule has 0 bridgehead atoms. The Hall–Kier alpha value is -0.830. The van der Waals surface area contributed by atoms with Crippen LogP contribution in [0.2, 0.25) is 0 Å². The monoisotopic (exact) mass is 332 g/mol. The average Bonchev–Trinajstić information content (AvgIpc) is 2.91. The van der Waals surface area contributed by atoms with Crippen LogP contribution in [-0.4, -0.2) is 24.1 Å². The molecule has 24 heavy (non-hydrogen) atoms. The van der Waals surface area contributed by atoms with Crippen LogP contribution in [0.15, 0.2) is 11.8 Å². The average molecular weight is 332 g/mol. The number of Topliss-reactive ketones (excluding diaryl/α,β-unsaturated/α-hetero) is 1. The number of ketones is 1. The third kappa shape index (κ3) is 2.09. The molecule has 7 atom stereocenters. The first-order valence-electron chi connectivity index (χ1n) is 9.83. The lowest BCUT2D eigenvalue weighted by atomic mass is 9.45. The zero-order valence-corrected chi connectivity index (χ0v) is 15.4. The molecule has 4 saturated carbocycles. The first-order chi connectivity index (χ1) is 11.4. The number of allylic oxidation sites excluding steroid dienone is 1. The van der Waals surface area contributed by atoms with E-state index in [1.807, 2.05) is 7.11 Å². The molecule has 0 aliphatic heterocycles. The van der Waals surface area contributed by atoms with E-state index in [2.05, 4.69) is 13.8 Å². The molecule has 4 rings (SSSR count). The van der Waals surface area contributed by atoms with Crippen molar-refractivity contribution < 1.29 is 14.6 Å². The summed E-state index contributed by atoms with van der Waals surface area (Å²) in [4.78, 5) is 12.3. The topological polar surface area (TPSA) is 46.5 Å². The number of ether oxygens (including phenoxy) is 1. The summed E-state index contributed by atoms with van der Waals surface area (Å²) in [5.74, 6) is 2.95. The Morgan fingerprint density at radius 1 is 1.08 bits per heavy atom. The minimum absolute atomic E-state index is 0.180. The Kier molecular flexibility index (Phi) is 3.87. The molecule has 1 N–H and O–H groups in total. The fourth-order valence-electron chi connectivity index (χ4n) is 7.47. The molecule has 4 aliphatic rings. The lowest BCUT2D eigenvalue weighted by Crippen LogP contribution is -2.54. The second-order valence-electron chi connectivity index (χ2n) is 9.46. The molecular formula is C21H32O3. The molecule has 4 aliphatic carbocycles. The van der Waals surface area contributed by atoms with Crippen LogP contribution in [0.25, 0.3) is 0 Å². The zero-order chi connectivity index (χ0) is 17.1. The molecule has 0 spiro atoms. The molecule has 134 valence electrons. The highest BCUT2D eigenvalue weighted by molar-refractivity contribution is 5.96. The Balaban J connectivity index is 1.65. The molecule has 0 radical (unpaired) electrons. The fourth-order valence-corrected chi connectivity index (χ4v) is 7.47. The molecule has 3 heteroatoms. The summed E-state index contributed by atoms with van der Waals surface area (Å²) in [6.45, 7) is 4.88. The molecule has 0 heterocycles. The smallest absolute Gasteiger partial charge is 0.162 e. The van der Waals surface area contributed by atoms with Crippen molar-refractivity contribution in [3.8, 4) is 0 Å². The van der Waals surface area contributed by atoms with E-state index >= 15 is 0 Å². The van der Waals surface area contributed by atoms with E-state index in [9.17, 15) is 9.90 Å². The maximum atomic E-state index is 12.3. The van der Waals surface area contributed by atoms with Crippen LogP contribution >= 0.6 is 0 Å². The minimum Gasteiger partial charge on any atom is -0.515 e. The van der Waals surface area contributed by atoms with Gasteiger partial charge in [-0.1, -0.05) is 13.8 Å². The SMILES string of the molecule is COC1CC[C@H]2[C@@H]3CCC4CC(=O)C(=CO)C[C@]4(C)[C@@H]3CC[C@]12C. The fraction of sp³-hybridized carbons (Fsp3) is 0.857. The van der Waals surface area contributed by atoms with Gasteiger partial charge in [0.25, 0.3) is 0 Å². The van der Waals surface area contributed by atoms with Gasteiger partial charge in [0.2, 0.25) is 0 Å². The predicted molar refractivity (Wildman–Crippen MR) is 93.6 cm³/mol. The quantitative estimate of drug-likeness (QED) is 0.561. The third-order valence-electron chi connectivity index (χ3n) is 8.78. The lowest BCUT2D eigenvalue weighted by molar-refractivity contribution is -0.136. The van der Waals surface area contributed by atoms with E-state index in [0.717, 1.165) is 24.5 Å². The number of hydrogen-bond donors (Lipinski definition) is 1. The summed E-state index contributed by atoms with van der Waals surface area (Å²) in [6.07, 6.45) is 10.5. The maximum Gasteiger partial charge on any atom is 0.162 e. The van der Waals surface area contributed by atoms with E-state index in [0.29, 0.717) is 35.3 Å². The van der Waals surface area contributed by atoms with Gasteiger partial charge < -0.3 is 9.84 Å². The number of rotatable bonds is 1. The van der Waals surface area contributed by atoms with E-state index in [1.54, 1.807) is 0 Å². The summed E-state index contributed by atoms with van der Waals surface area (Å²) in [7, 11) is 1.88. The highest BCUT2D eigenvalue weighted by Crippen LogP contribution is 2.66. The summed E-state index contributed by atoms with van der Waals surface area (Å²) in [5, 5.41) is 9.52. The van der Waals surface area contributed by atoms with Crippen molar-refractivity contribution >= 4 is 5.78 Å². The maximum absolute atomic E-state index is 12.3. The highest BCUT2D eigenvalue weighted by atomic mass is 16.5. The molecule has 4 fully saturated rings. The molecule has 0 aromatic carbocycles. The molecular weight excluding hydrogens is 300 g/mol. The Labute approximate surface area is 145 Å². The first-order valence-corrected chi connectivity index (χ1v) is 9.83. The lowest BCUT2D eigenvalue weighted by Gasteiger charge is -2.60. The van der Waals surface area contributed by atoms with Gasteiger partial charge in [-0.2, -0.15) is 0 Å². The van der Waals surface area contributed by atoms with Crippen molar-refractivity contribution in [3.05, 3.63) is 11.8 Å².